The average molecular weight is 447 g/mol. The van der Waals surface area contributed by atoms with E-state index in [9.17, 15) is 9.59 Å². The molecule has 3 aromatic rings. The van der Waals surface area contributed by atoms with E-state index in [1.54, 1.807) is 29.2 Å². The summed E-state index contributed by atoms with van der Waals surface area (Å²) in [6.45, 7) is 8.20. The molecule has 0 bridgehead atoms. The van der Waals surface area contributed by atoms with E-state index in [1.807, 2.05) is 56.3 Å². The maximum absolute atomic E-state index is 13.9. The van der Waals surface area contributed by atoms with Crippen molar-refractivity contribution in [1.29, 1.82) is 0 Å². The van der Waals surface area contributed by atoms with Crippen LogP contribution in [0.1, 0.15) is 48.4 Å². The van der Waals surface area contributed by atoms with Crippen LogP contribution in [0.4, 0.5) is 11.4 Å². The van der Waals surface area contributed by atoms with Crippen molar-refractivity contribution in [3.8, 4) is 0 Å². The van der Waals surface area contributed by atoms with Crippen molar-refractivity contribution in [2.45, 2.75) is 45.6 Å². The van der Waals surface area contributed by atoms with Crippen LogP contribution >= 0.6 is 11.6 Å². The highest BCUT2D eigenvalue weighted by Crippen LogP contribution is 2.46. The lowest BCUT2D eigenvalue weighted by Gasteiger charge is -2.50. The summed E-state index contributed by atoms with van der Waals surface area (Å²) in [6, 6.07) is 20.9. The van der Waals surface area contributed by atoms with E-state index in [0.29, 0.717) is 16.6 Å². The molecule has 1 heterocycles. The first-order chi connectivity index (χ1) is 15.2. The quantitative estimate of drug-likeness (QED) is 0.464. The van der Waals surface area contributed by atoms with Gasteiger partial charge in [0.25, 0.3) is 5.91 Å². The maximum atomic E-state index is 13.9. The number of carbonyl (C=O) groups excluding carboxylic acids is 2. The Balaban J connectivity index is 1.82. The van der Waals surface area contributed by atoms with E-state index < -0.39 is 5.54 Å². The van der Waals surface area contributed by atoms with Crippen molar-refractivity contribution >= 4 is 34.8 Å². The smallest absolute Gasteiger partial charge is 0.255 e. The molecule has 5 heteroatoms. The number of halogens is 1. The van der Waals surface area contributed by atoms with Crippen molar-refractivity contribution in [2.24, 2.45) is 0 Å². The Labute approximate surface area is 194 Å². The number of nitrogens with one attached hydrogen (secondary N) is 1. The molecule has 1 fully saturated rings. The molecule has 164 valence electrons. The number of anilines is 2. The number of carbonyl (C=O) groups is 2. The average Bonchev–Trinajstić information content (AvgIpc) is 2.76. The van der Waals surface area contributed by atoms with Crippen molar-refractivity contribution in [3.05, 3.63) is 94.0 Å². The summed E-state index contributed by atoms with van der Waals surface area (Å²) in [5.41, 5.74) is 4.23. The number of hydrogen-bond donors (Lipinski definition) is 1. The number of amides is 2. The first-order valence-electron chi connectivity index (χ1n) is 10.8. The Morgan fingerprint density at radius 2 is 1.56 bits per heavy atom. The van der Waals surface area contributed by atoms with Gasteiger partial charge in [-0.05, 0) is 66.3 Å². The molecule has 3 aromatic carbocycles. The van der Waals surface area contributed by atoms with Gasteiger partial charge in [-0.1, -0.05) is 67.9 Å². The highest BCUT2D eigenvalue weighted by Gasteiger charge is 2.58. The van der Waals surface area contributed by atoms with Crippen molar-refractivity contribution < 1.29 is 9.59 Å². The molecule has 4 rings (SSSR count). The van der Waals surface area contributed by atoms with Gasteiger partial charge in [-0.2, -0.15) is 0 Å². The van der Waals surface area contributed by atoms with Crippen LogP contribution in [-0.2, 0) is 15.1 Å². The van der Waals surface area contributed by atoms with Crippen LogP contribution in [0.15, 0.2) is 66.7 Å². The molecular formula is C27H27ClN2O2. The van der Waals surface area contributed by atoms with Crippen LogP contribution in [0.25, 0.3) is 0 Å². The molecule has 4 nitrogen and oxygen atoms in total. The lowest BCUT2D eigenvalue weighted by Crippen LogP contribution is -2.67. The van der Waals surface area contributed by atoms with E-state index >= 15 is 0 Å². The van der Waals surface area contributed by atoms with Crippen molar-refractivity contribution in [3.63, 3.8) is 0 Å². The molecule has 1 aliphatic rings. The number of nitrogens with zero attached hydrogens (tertiary/aromatic N) is 1. The van der Waals surface area contributed by atoms with Gasteiger partial charge in [-0.15, -0.1) is 0 Å². The standard InChI is InChI=1S/C27H27ClN2O2/c1-17(2)20-8-10-21(11-9-20)27(26(32)29-25-18(3)6-5-7-19(25)4)16-24(31)30(27)23-14-12-22(28)13-15-23/h5-15,17H,16H2,1-4H3,(H,29,32)/t27-/m0/s1. The third-order valence-electron chi connectivity index (χ3n) is 6.27. The van der Waals surface area contributed by atoms with Gasteiger partial charge >= 0.3 is 0 Å². The van der Waals surface area contributed by atoms with Crippen LogP contribution in [0.2, 0.25) is 5.02 Å². The van der Waals surface area contributed by atoms with Gasteiger partial charge in [0.15, 0.2) is 5.54 Å². The Morgan fingerprint density at radius 1 is 0.969 bits per heavy atom. The normalized spacial score (nSPS) is 17.9. The molecule has 0 saturated carbocycles. The third-order valence-corrected chi connectivity index (χ3v) is 6.53. The minimum absolute atomic E-state index is 0.100. The largest absolute Gasteiger partial charge is 0.323 e. The molecular weight excluding hydrogens is 420 g/mol. The zero-order valence-corrected chi connectivity index (χ0v) is 19.5. The molecule has 2 amide bonds. The number of hydrogen-bond acceptors (Lipinski definition) is 2. The Morgan fingerprint density at radius 3 is 2.09 bits per heavy atom. The van der Waals surface area contributed by atoms with Gasteiger partial charge in [-0.3, -0.25) is 14.5 Å². The summed E-state index contributed by atoms with van der Waals surface area (Å²) in [5, 5.41) is 3.71. The molecule has 1 N–H and O–H groups in total. The fourth-order valence-corrected chi connectivity index (χ4v) is 4.50. The lowest BCUT2D eigenvalue weighted by molar-refractivity contribution is -0.137. The summed E-state index contributed by atoms with van der Waals surface area (Å²) >= 11 is 6.07. The van der Waals surface area contributed by atoms with Gasteiger partial charge in [0.05, 0.1) is 6.42 Å². The number of β-lactam (4-membered cyclic amide) rings is 1. The molecule has 0 aliphatic carbocycles. The number of benzene rings is 3. The summed E-state index contributed by atoms with van der Waals surface area (Å²) < 4.78 is 0. The fraction of sp³-hybridized carbons (Fsp3) is 0.259. The molecule has 1 atom stereocenters. The lowest BCUT2D eigenvalue weighted by atomic mass is 9.75. The summed E-state index contributed by atoms with van der Waals surface area (Å²) in [7, 11) is 0. The van der Waals surface area contributed by atoms with E-state index in [-0.39, 0.29) is 18.2 Å². The maximum Gasteiger partial charge on any atom is 0.255 e. The van der Waals surface area contributed by atoms with E-state index in [1.165, 1.54) is 5.56 Å². The Kier molecular flexibility index (Phi) is 5.83. The van der Waals surface area contributed by atoms with Gasteiger partial charge in [-0.25, -0.2) is 0 Å². The SMILES string of the molecule is Cc1cccc(C)c1NC(=O)[C@@]1(c2ccc(C(C)C)cc2)CC(=O)N1c1ccc(Cl)cc1. The van der Waals surface area contributed by atoms with Gasteiger partial charge in [0.1, 0.15) is 0 Å². The van der Waals surface area contributed by atoms with E-state index in [4.69, 9.17) is 11.6 Å². The molecule has 32 heavy (non-hydrogen) atoms. The van der Waals surface area contributed by atoms with Gasteiger partial charge in [0.2, 0.25) is 5.91 Å². The van der Waals surface area contributed by atoms with Crippen LogP contribution in [0.5, 0.6) is 0 Å². The zero-order valence-electron chi connectivity index (χ0n) is 18.8. The predicted octanol–water partition coefficient (Wildman–Crippen LogP) is 6.35. The van der Waals surface area contributed by atoms with Crippen LogP contribution < -0.4 is 10.2 Å². The summed E-state index contributed by atoms with van der Waals surface area (Å²) in [4.78, 5) is 28.4. The topological polar surface area (TPSA) is 49.4 Å². The van der Waals surface area contributed by atoms with Crippen molar-refractivity contribution in [1.82, 2.24) is 0 Å². The second-order valence-corrected chi connectivity index (χ2v) is 9.18. The first-order valence-corrected chi connectivity index (χ1v) is 11.2. The van der Waals surface area contributed by atoms with Gasteiger partial charge < -0.3 is 5.32 Å². The molecule has 0 unspecified atom stereocenters. The van der Waals surface area contributed by atoms with Crippen LogP contribution in [0, 0.1) is 13.8 Å². The molecule has 0 radical (unpaired) electrons. The first kappa shape index (κ1) is 22.1. The fourth-order valence-electron chi connectivity index (χ4n) is 4.37. The third kappa shape index (κ3) is 3.69. The van der Waals surface area contributed by atoms with Crippen LogP contribution in [0.3, 0.4) is 0 Å². The Hall–Kier alpha value is -3.11. The predicted molar refractivity (Wildman–Crippen MR) is 130 cm³/mol. The second-order valence-electron chi connectivity index (χ2n) is 8.74. The Bertz CT molecular complexity index is 1150. The zero-order chi connectivity index (χ0) is 23.0. The molecule has 1 aliphatic heterocycles. The monoisotopic (exact) mass is 446 g/mol. The number of aryl methyl sites for hydroxylation is 2. The van der Waals surface area contributed by atoms with E-state index in [2.05, 4.69) is 19.2 Å². The van der Waals surface area contributed by atoms with Gasteiger partial charge in [0, 0.05) is 16.4 Å². The highest BCUT2D eigenvalue weighted by molar-refractivity contribution is 6.30. The van der Waals surface area contributed by atoms with Crippen LogP contribution in [-0.4, -0.2) is 11.8 Å². The molecule has 0 aromatic heterocycles. The second kappa shape index (κ2) is 8.44. The molecule has 0 spiro atoms. The minimum Gasteiger partial charge on any atom is -0.323 e. The highest BCUT2D eigenvalue weighted by atomic mass is 35.5. The minimum atomic E-state index is -1.13. The number of rotatable bonds is 5. The molecule has 1 saturated heterocycles. The summed E-state index contributed by atoms with van der Waals surface area (Å²) in [6.07, 6.45) is 0.105. The number of para-hydroxylation sites is 1. The van der Waals surface area contributed by atoms with E-state index in [0.717, 1.165) is 22.4 Å². The van der Waals surface area contributed by atoms with Crippen molar-refractivity contribution in [2.75, 3.05) is 10.2 Å². The summed E-state index contributed by atoms with van der Waals surface area (Å²) in [5.74, 6) is 0.0532.